The van der Waals surface area contributed by atoms with Gasteiger partial charge in [0.1, 0.15) is 0 Å². The van der Waals surface area contributed by atoms with Crippen molar-refractivity contribution in [1.82, 2.24) is 9.62 Å². The van der Waals surface area contributed by atoms with Gasteiger partial charge in [0.2, 0.25) is 10.0 Å². The first kappa shape index (κ1) is 21.1. The Morgan fingerprint density at radius 3 is 2.22 bits per heavy atom. The third-order valence-corrected chi connectivity index (χ3v) is 6.22. The van der Waals surface area contributed by atoms with Gasteiger partial charge in [-0.3, -0.25) is 4.79 Å². The molecule has 146 valence electrons. The highest BCUT2D eigenvalue weighted by Crippen LogP contribution is 2.19. The van der Waals surface area contributed by atoms with Gasteiger partial charge >= 0.3 is 0 Å². The minimum absolute atomic E-state index is 0.157. The van der Waals surface area contributed by atoms with Crippen molar-refractivity contribution in [3.05, 3.63) is 65.7 Å². The zero-order chi connectivity index (χ0) is 19.9. The first-order valence-corrected chi connectivity index (χ1v) is 10.8. The molecule has 1 unspecified atom stereocenters. The van der Waals surface area contributed by atoms with Gasteiger partial charge in [-0.25, -0.2) is 8.42 Å². The number of carbonyl (C=O) groups is 1. The maximum absolute atomic E-state index is 12.9. The highest BCUT2D eigenvalue weighted by Gasteiger charge is 2.24. The van der Waals surface area contributed by atoms with Crippen LogP contribution in [0.5, 0.6) is 0 Å². The number of nitrogens with zero attached hydrogens (tertiary/aromatic N) is 1. The second-order valence-corrected chi connectivity index (χ2v) is 8.48. The van der Waals surface area contributed by atoms with Crippen LogP contribution in [0.1, 0.15) is 55.6 Å². The molecule has 0 saturated heterocycles. The van der Waals surface area contributed by atoms with Gasteiger partial charge < -0.3 is 5.32 Å². The maximum Gasteiger partial charge on any atom is 0.251 e. The molecule has 0 aromatic heterocycles. The summed E-state index contributed by atoms with van der Waals surface area (Å²) in [5, 5.41) is 2.92. The van der Waals surface area contributed by atoms with Gasteiger partial charge in [-0.15, -0.1) is 0 Å². The number of hydrogen-bond donors (Lipinski definition) is 1. The van der Waals surface area contributed by atoms with Gasteiger partial charge in [0.05, 0.1) is 10.9 Å². The molecule has 2 aromatic carbocycles. The molecule has 0 bridgehead atoms. The molecule has 0 aliphatic heterocycles. The summed E-state index contributed by atoms with van der Waals surface area (Å²) in [5.41, 5.74) is 1.33. The predicted octanol–water partition coefficient (Wildman–Crippen LogP) is 3.99. The topological polar surface area (TPSA) is 66.5 Å². The standard InChI is InChI=1S/C21H28N2O3S/c1-4-14-23(15-5-2)27(25,26)20-13-9-12-19(16-20)21(24)22-17(3)18-10-7-6-8-11-18/h6-13,16-17H,4-5,14-15H2,1-3H3,(H,22,24). The van der Waals surface area contributed by atoms with Crippen molar-refractivity contribution in [2.75, 3.05) is 13.1 Å². The van der Waals surface area contributed by atoms with Gasteiger partial charge in [-0.1, -0.05) is 50.2 Å². The lowest BCUT2D eigenvalue weighted by atomic mass is 10.1. The van der Waals surface area contributed by atoms with Crippen LogP contribution in [0.3, 0.4) is 0 Å². The van der Waals surface area contributed by atoms with Crippen LogP contribution in [0.25, 0.3) is 0 Å². The Kier molecular flexibility index (Phi) is 7.56. The second kappa shape index (κ2) is 9.67. The maximum atomic E-state index is 12.9. The number of nitrogens with one attached hydrogen (secondary N) is 1. The highest BCUT2D eigenvalue weighted by molar-refractivity contribution is 7.89. The van der Waals surface area contributed by atoms with Crippen LogP contribution in [0.4, 0.5) is 0 Å². The molecule has 0 spiro atoms. The third-order valence-electron chi connectivity index (χ3n) is 4.33. The van der Waals surface area contributed by atoms with Crippen molar-refractivity contribution in [2.45, 2.75) is 44.6 Å². The highest BCUT2D eigenvalue weighted by atomic mass is 32.2. The van der Waals surface area contributed by atoms with Crippen LogP contribution in [0, 0.1) is 0 Å². The number of benzene rings is 2. The van der Waals surface area contributed by atoms with Crippen LogP contribution < -0.4 is 5.32 Å². The summed E-state index contributed by atoms with van der Waals surface area (Å²) in [4.78, 5) is 12.8. The fourth-order valence-electron chi connectivity index (χ4n) is 2.90. The normalized spacial score (nSPS) is 12.7. The molecule has 1 atom stereocenters. The van der Waals surface area contributed by atoms with Crippen LogP contribution in [0.2, 0.25) is 0 Å². The van der Waals surface area contributed by atoms with E-state index in [1.807, 2.05) is 51.1 Å². The predicted molar refractivity (Wildman–Crippen MR) is 108 cm³/mol. The summed E-state index contributed by atoms with van der Waals surface area (Å²) >= 11 is 0. The molecular weight excluding hydrogens is 360 g/mol. The van der Waals surface area contributed by atoms with Crippen molar-refractivity contribution in [1.29, 1.82) is 0 Å². The van der Waals surface area contributed by atoms with Crippen molar-refractivity contribution < 1.29 is 13.2 Å². The monoisotopic (exact) mass is 388 g/mol. The Morgan fingerprint density at radius 1 is 1.00 bits per heavy atom. The van der Waals surface area contributed by atoms with E-state index >= 15 is 0 Å². The van der Waals surface area contributed by atoms with Crippen molar-refractivity contribution in [3.8, 4) is 0 Å². The van der Waals surface area contributed by atoms with Crippen LogP contribution >= 0.6 is 0 Å². The van der Waals surface area contributed by atoms with Crippen molar-refractivity contribution in [3.63, 3.8) is 0 Å². The van der Waals surface area contributed by atoms with Crippen molar-refractivity contribution >= 4 is 15.9 Å². The lowest BCUT2D eigenvalue weighted by Gasteiger charge is -2.21. The molecule has 5 nitrogen and oxygen atoms in total. The van der Waals surface area contributed by atoms with Gasteiger partial charge in [0, 0.05) is 18.7 Å². The second-order valence-electron chi connectivity index (χ2n) is 6.54. The molecule has 0 radical (unpaired) electrons. The van der Waals surface area contributed by atoms with Crippen LogP contribution in [0.15, 0.2) is 59.5 Å². The van der Waals surface area contributed by atoms with E-state index in [1.54, 1.807) is 18.2 Å². The van der Waals surface area contributed by atoms with Gasteiger partial charge in [-0.05, 0) is 43.5 Å². The summed E-state index contributed by atoms with van der Waals surface area (Å²) in [6.07, 6.45) is 1.49. The fraction of sp³-hybridized carbons (Fsp3) is 0.381. The SMILES string of the molecule is CCCN(CCC)S(=O)(=O)c1cccc(C(=O)NC(C)c2ccccc2)c1. The van der Waals surface area contributed by atoms with E-state index < -0.39 is 10.0 Å². The average molecular weight is 389 g/mol. The zero-order valence-corrected chi connectivity index (χ0v) is 17.0. The molecule has 6 heteroatoms. The molecule has 2 aromatic rings. The Balaban J connectivity index is 2.22. The number of rotatable bonds is 9. The van der Waals surface area contributed by atoms with Gasteiger partial charge in [0.25, 0.3) is 5.91 Å². The van der Waals surface area contributed by atoms with Gasteiger partial charge in [0.15, 0.2) is 0 Å². The minimum Gasteiger partial charge on any atom is -0.346 e. The fourth-order valence-corrected chi connectivity index (χ4v) is 4.57. The van der Waals surface area contributed by atoms with E-state index in [2.05, 4.69) is 5.32 Å². The molecule has 27 heavy (non-hydrogen) atoms. The lowest BCUT2D eigenvalue weighted by molar-refractivity contribution is 0.0939. The Hall–Kier alpha value is -2.18. The van der Waals surface area contributed by atoms with Crippen molar-refractivity contribution in [2.24, 2.45) is 0 Å². The molecule has 1 amide bonds. The molecule has 0 aliphatic carbocycles. The molecule has 1 N–H and O–H groups in total. The number of carbonyl (C=O) groups excluding carboxylic acids is 1. The summed E-state index contributed by atoms with van der Waals surface area (Å²) in [6, 6.07) is 15.7. The quantitative estimate of drug-likeness (QED) is 0.706. The average Bonchev–Trinajstić information content (AvgIpc) is 2.68. The van der Waals surface area contributed by atoms with E-state index in [-0.39, 0.29) is 16.8 Å². The molecule has 0 fully saturated rings. The third kappa shape index (κ3) is 5.40. The van der Waals surface area contributed by atoms with E-state index in [0.29, 0.717) is 18.7 Å². The number of amides is 1. The number of sulfonamides is 1. The minimum atomic E-state index is -3.61. The molecular formula is C21H28N2O3S. The first-order valence-electron chi connectivity index (χ1n) is 9.36. The summed E-state index contributed by atoms with van der Waals surface area (Å²) < 4.78 is 27.3. The molecule has 2 rings (SSSR count). The molecule has 0 saturated carbocycles. The summed E-state index contributed by atoms with van der Waals surface area (Å²) in [5.74, 6) is -0.291. The van der Waals surface area contributed by atoms with E-state index in [9.17, 15) is 13.2 Å². The Labute approximate surface area is 162 Å². The van der Waals surface area contributed by atoms with E-state index in [4.69, 9.17) is 0 Å². The van der Waals surface area contributed by atoms with E-state index in [1.165, 1.54) is 10.4 Å². The summed E-state index contributed by atoms with van der Waals surface area (Å²) in [6.45, 7) is 6.74. The first-order chi connectivity index (χ1) is 12.9. The molecule has 0 aliphatic rings. The zero-order valence-electron chi connectivity index (χ0n) is 16.2. The van der Waals surface area contributed by atoms with E-state index in [0.717, 1.165) is 18.4 Å². The van der Waals surface area contributed by atoms with Gasteiger partial charge in [-0.2, -0.15) is 4.31 Å². The Morgan fingerprint density at radius 2 is 1.63 bits per heavy atom. The Bertz CT molecular complexity index is 845. The smallest absolute Gasteiger partial charge is 0.251 e. The summed E-state index contributed by atoms with van der Waals surface area (Å²) in [7, 11) is -3.61. The van der Waals surface area contributed by atoms with Crippen LogP contribution in [-0.2, 0) is 10.0 Å². The van der Waals surface area contributed by atoms with Crippen LogP contribution in [-0.4, -0.2) is 31.7 Å². The largest absolute Gasteiger partial charge is 0.346 e. The molecule has 0 heterocycles. The lowest BCUT2D eigenvalue weighted by Crippen LogP contribution is -2.33. The number of hydrogen-bond acceptors (Lipinski definition) is 3.